The maximum atomic E-state index is 11.5. The van der Waals surface area contributed by atoms with Gasteiger partial charge in [-0.1, -0.05) is 15.9 Å². The van der Waals surface area contributed by atoms with E-state index in [1.165, 1.54) is 0 Å². The minimum absolute atomic E-state index is 0.130. The number of likely N-dealkylation sites (tertiary alicyclic amines) is 1. The number of alkyl halides is 1. The normalized spacial score (nSPS) is 22.3. The van der Waals surface area contributed by atoms with Crippen LogP contribution in [0.15, 0.2) is 0 Å². The molecular formula is C9H16BrNO2. The van der Waals surface area contributed by atoms with Crippen LogP contribution >= 0.6 is 15.9 Å². The second-order valence-corrected chi connectivity index (χ2v) is 3.93. The molecular weight excluding hydrogens is 234 g/mol. The van der Waals surface area contributed by atoms with Crippen molar-refractivity contribution in [3.05, 3.63) is 0 Å². The molecule has 1 saturated heterocycles. The van der Waals surface area contributed by atoms with Gasteiger partial charge in [0.1, 0.15) is 6.61 Å². The number of carbonyl (C=O) groups is 1. The third-order valence-corrected chi connectivity index (χ3v) is 3.20. The molecule has 0 aliphatic carbocycles. The van der Waals surface area contributed by atoms with Gasteiger partial charge in [0.25, 0.3) is 0 Å². The molecule has 0 spiro atoms. The molecule has 1 heterocycles. The molecule has 1 atom stereocenters. The summed E-state index contributed by atoms with van der Waals surface area (Å²) in [5.74, 6) is 0.760. The van der Waals surface area contributed by atoms with Crippen LogP contribution in [0, 0.1) is 5.92 Å². The molecule has 1 unspecified atom stereocenters. The summed E-state index contributed by atoms with van der Waals surface area (Å²) in [6.45, 7) is 4.53. The average molecular weight is 250 g/mol. The van der Waals surface area contributed by atoms with E-state index >= 15 is 0 Å². The molecule has 4 heteroatoms. The van der Waals surface area contributed by atoms with E-state index in [1.54, 1.807) is 0 Å². The number of amides is 1. The highest BCUT2D eigenvalue weighted by molar-refractivity contribution is 9.09. The summed E-state index contributed by atoms with van der Waals surface area (Å²) < 4.78 is 5.07. The van der Waals surface area contributed by atoms with E-state index < -0.39 is 0 Å². The highest BCUT2D eigenvalue weighted by atomic mass is 79.9. The third-order valence-electron chi connectivity index (χ3n) is 2.29. The fourth-order valence-electron chi connectivity index (χ4n) is 1.47. The summed E-state index contributed by atoms with van der Waals surface area (Å²) in [6.07, 6.45) is 1.11. The van der Waals surface area contributed by atoms with Crippen LogP contribution < -0.4 is 0 Å². The molecule has 76 valence electrons. The lowest BCUT2D eigenvalue weighted by Crippen LogP contribution is -2.32. The van der Waals surface area contributed by atoms with Crippen molar-refractivity contribution in [3.8, 4) is 0 Å². The van der Waals surface area contributed by atoms with Crippen molar-refractivity contribution in [1.29, 1.82) is 0 Å². The Balaban J connectivity index is 2.25. The van der Waals surface area contributed by atoms with Crippen molar-refractivity contribution in [2.24, 2.45) is 5.92 Å². The number of hydrogen-bond donors (Lipinski definition) is 0. The minimum atomic E-state index is 0.130. The van der Waals surface area contributed by atoms with Gasteiger partial charge in [0, 0.05) is 25.0 Å². The Morgan fingerprint density at radius 3 is 3.00 bits per heavy atom. The largest absolute Gasteiger partial charge is 0.372 e. The predicted octanol–water partition coefficient (Wildman–Crippen LogP) is 1.27. The molecule has 0 radical (unpaired) electrons. The van der Waals surface area contributed by atoms with E-state index in [4.69, 9.17) is 4.74 Å². The molecule has 0 saturated carbocycles. The molecule has 0 bridgehead atoms. The van der Waals surface area contributed by atoms with Gasteiger partial charge < -0.3 is 9.64 Å². The Hall–Kier alpha value is -0.0900. The fraction of sp³-hybridized carbons (Fsp3) is 0.889. The topological polar surface area (TPSA) is 29.5 Å². The zero-order valence-electron chi connectivity index (χ0n) is 7.96. The standard InChI is InChI=1S/C9H16BrNO2/c1-2-13-7-9(12)11-4-3-8(5-10)6-11/h8H,2-7H2,1H3. The van der Waals surface area contributed by atoms with Crippen LogP contribution in [0.3, 0.4) is 0 Å². The van der Waals surface area contributed by atoms with Gasteiger partial charge in [-0.2, -0.15) is 0 Å². The fourth-order valence-corrected chi connectivity index (χ4v) is 1.99. The minimum Gasteiger partial charge on any atom is -0.372 e. The monoisotopic (exact) mass is 249 g/mol. The van der Waals surface area contributed by atoms with Gasteiger partial charge in [0.2, 0.25) is 5.91 Å². The molecule has 1 amide bonds. The number of carbonyl (C=O) groups excluding carboxylic acids is 1. The zero-order valence-corrected chi connectivity index (χ0v) is 9.55. The van der Waals surface area contributed by atoms with E-state index in [0.29, 0.717) is 12.5 Å². The lowest BCUT2D eigenvalue weighted by atomic mass is 10.2. The van der Waals surface area contributed by atoms with Crippen LogP contribution in [0.1, 0.15) is 13.3 Å². The summed E-state index contributed by atoms with van der Waals surface area (Å²) in [4.78, 5) is 13.3. The Labute approximate surface area is 87.6 Å². The molecule has 1 fully saturated rings. The Kier molecular flexibility index (Phi) is 4.73. The first-order chi connectivity index (χ1) is 6.27. The first-order valence-corrected chi connectivity index (χ1v) is 5.81. The Morgan fingerprint density at radius 2 is 2.46 bits per heavy atom. The van der Waals surface area contributed by atoms with Crippen LogP contribution in [0.5, 0.6) is 0 Å². The van der Waals surface area contributed by atoms with Crippen molar-refractivity contribution in [2.45, 2.75) is 13.3 Å². The van der Waals surface area contributed by atoms with Crippen LogP contribution in [-0.2, 0) is 9.53 Å². The Morgan fingerprint density at radius 1 is 1.69 bits per heavy atom. The van der Waals surface area contributed by atoms with Gasteiger partial charge in [0.15, 0.2) is 0 Å². The molecule has 1 rings (SSSR count). The van der Waals surface area contributed by atoms with E-state index in [9.17, 15) is 4.79 Å². The van der Waals surface area contributed by atoms with Crippen molar-refractivity contribution in [1.82, 2.24) is 4.90 Å². The van der Waals surface area contributed by atoms with Crippen molar-refractivity contribution >= 4 is 21.8 Å². The lowest BCUT2D eigenvalue weighted by Gasteiger charge is -2.15. The molecule has 1 aliphatic heterocycles. The SMILES string of the molecule is CCOCC(=O)N1CCC(CBr)C1. The second-order valence-electron chi connectivity index (χ2n) is 3.29. The van der Waals surface area contributed by atoms with E-state index in [0.717, 1.165) is 24.8 Å². The molecule has 3 nitrogen and oxygen atoms in total. The maximum absolute atomic E-state index is 11.5. The summed E-state index contributed by atoms with van der Waals surface area (Å²) in [6, 6.07) is 0. The predicted molar refractivity (Wildman–Crippen MR) is 55.0 cm³/mol. The van der Waals surface area contributed by atoms with Crippen LogP contribution in [0.4, 0.5) is 0 Å². The van der Waals surface area contributed by atoms with Crippen LogP contribution in [0.2, 0.25) is 0 Å². The van der Waals surface area contributed by atoms with Crippen molar-refractivity contribution in [3.63, 3.8) is 0 Å². The van der Waals surface area contributed by atoms with Crippen molar-refractivity contribution in [2.75, 3.05) is 31.6 Å². The quantitative estimate of drug-likeness (QED) is 0.703. The number of nitrogens with zero attached hydrogens (tertiary/aromatic N) is 1. The van der Waals surface area contributed by atoms with E-state index in [-0.39, 0.29) is 12.5 Å². The van der Waals surface area contributed by atoms with E-state index in [1.807, 2.05) is 11.8 Å². The highest BCUT2D eigenvalue weighted by Crippen LogP contribution is 2.17. The average Bonchev–Trinajstić information content (AvgIpc) is 2.62. The second kappa shape index (κ2) is 5.60. The number of halogens is 1. The summed E-state index contributed by atoms with van der Waals surface area (Å²) >= 11 is 3.44. The van der Waals surface area contributed by atoms with Gasteiger partial charge in [-0.3, -0.25) is 4.79 Å². The first kappa shape index (κ1) is 11.0. The van der Waals surface area contributed by atoms with Gasteiger partial charge in [-0.05, 0) is 19.3 Å². The first-order valence-electron chi connectivity index (χ1n) is 4.69. The molecule has 0 N–H and O–H groups in total. The van der Waals surface area contributed by atoms with Crippen LogP contribution in [-0.4, -0.2) is 42.4 Å². The van der Waals surface area contributed by atoms with Crippen molar-refractivity contribution < 1.29 is 9.53 Å². The van der Waals surface area contributed by atoms with Gasteiger partial charge >= 0.3 is 0 Å². The molecule has 1 aliphatic rings. The Bertz CT molecular complexity index is 175. The summed E-state index contributed by atoms with van der Waals surface area (Å²) in [7, 11) is 0. The van der Waals surface area contributed by atoms with Crippen LogP contribution in [0.25, 0.3) is 0 Å². The van der Waals surface area contributed by atoms with E-state index in [2.05, 4.69) is 15.9 Å². The lowest BCUT2D eigenvalue weighted by molar-refractivity contribution is -0.135. The maximum Gasteiger partial charge on any atom is 0.248 e. The third kappa shape index (κ3) is 3.27. The van der Waals surface area contributed by atoms with Gasteiger partial charge in [-0.25, -0.2) is 0 Å². The smallest absolute Gasteiger partial charge is 0.248 e. The van der Waals surface area contributed by atoms with Gasteiger partial charge in [-0.15, -0.1) is 0 Å². The number of rotatable bonds is 4. The number of ether oxygens (including phenoxy) is 1. The molecule has 0 aromatic heterocycles. The summed E-state index contributed by atoms with van der Waals surface area (Å²) in [5.41, 5.74) is 0. The molecule has 13 heavy (non-hydrogen) atoms. The van der Waals surface area contributed by atoms with Gasteiger partial charge in [0.05, 0.1) is 0 Å². The molecule has 0 aromatic rings. The number of hydrogen-bond acceptors (Lipinski definition) is 2. The molecule has 0 aromatic carbocycles. The highest BCUT2D eigenvalue weighted by Gasteiger charge is 2.24. The summed E-state index contributed by atoms with van der Waals surface area (Å²) in [5, 5.41) is 0.991. The zero-order chi connectivity index (χ0) is 9.68.